The molecule has 1 aromatic rings. The molecule has 4 nitrogen and oxygen atoms in total. The summed E-state index contributed by atoms with van der Waals surface area (Å²) in [5.41, 5.74) is 0. The van der Waals surface area contributed by atoms with Crippen LogP contribution in [0.3, 0.4) is 0 Å². The second kappa shape index (κ2) is 4.34. The van der Waals surface area contributed by atoms with Crippen LogP contribution in [0.25, 0.3) is 0 Å². The zero-order chi connectivity index (χ0) is 9.73. The molecule has 0 aliphatic heterocycles. The molecule has 0 aliphatic carbocycles. The van der Waals surface area contributed by atoms with Crippen LogP contribution >= 0.6 is 0 Å². The van der Waals surface area contributed by atoms with E-state index in [1.807, 2.05) is 6.92 Å². The molecule has 1 aromatic heterocycles. The molecule has 0 radical (unpaired) electrons. The first-order valence-corrected chi connectivity index (χ1v) is 5.55. The Kier molecular flexibility index (Phi) is 3.39. The summed E-state index contributed by atoms with van der Waals surface area (Å²) < 4.78 is 25.3. The molecule has 0 spiro atoms. The number of aromatic nitrogens is 1. The second-order valence-corrected chi connectivity index (χ2v) is 4.35. The highest BCUT2D eigenvalue weighted by atomic mass is 32.2. The van der Waals surface area contributed by atoms with Gasteiger partial charge in [-0.1, -0.05) is 6.92 Å². The van der Waals surface area contributed by atoms with Crippen LogP contribution in [0.2, 0.25) is 0 Å². The number of sulfonamides is 1. The van der Waals surface area contributed by atoms with Crippen LogP contribution in [0.15, 0.2) is 29.4 Å². The first-order valence-electron chi connectivity index (χ1n) is 4.06. The van der Waals surface area contributed by atoms with E-state index in [1.165, 1.54) is 12.3 Å². The zero-order valence-corrected chi connectivity index (χ0v) is 8.21. The maximum absolute atomic E-state index is 11.4. The highest BCUT2D eigenvalue weighted by molar-refractivity contribution is 7.89. The third-order valence-corrected chi connectivity index (χ3v) is 2.93. The molecule has 72 valence electrons. The second-order valence-electron chi connectivity index (χ2n) is 2.59. The lowest BCUT2D eigenvalue weighted by Crippen LogP contribution is -2.24. The molecule has 0 aliphatic rings. The van der Waals surface area contributed by atoms with Crippen LogP contribution in [0.1, 0.15) is 13.3 Å². The Labute approximate surface area is 78.1 Å². The van der Waals surface area contributed by atoms with Gasteiger partial charge in [0.1, 0.15) is 4.90 Å². The molecule has 0 aromatic carbocycles. The van der Waals surface area contributed by atoms with Gasteiger partial charge < -0.3 is 0 Å². The molecule has 0 unspecified atom stereocenters. The molecule has 0 saturated carbocycles. The van der Waals surface area contributed by atoms with E-state index >= 15 is 0 Å². The van der Waals surface area contributed by atoms with E-state index in [2.05, 4.69) is 9.71 Å². The van der Waals surface area contributed by atoms with Gasteiger partial charge in [-0.3, -0.25) is 4.98 Å². The van der Waals surface area contributed by atoms with Gasteiger partial charge in [0, 0.05) is 18.9 Å². The van der Waals surface area contributed by atoms with Gasteiger partial charge in [-0.25, -0.2) is 13.1 Å². The Hall–Kier alpha value is -0.940. The van der Waals surface area contributed by atoms with Crippen molar-refractivity contribution in [3.8, 4) is 0 Å². The molecule has 0 atom stereocenters. The molecule has 0 fully saturated rings. The number of nitrogens with one attached hydrogen (secondary N) is 1. The Bertz CT molecular complexity index is 348. The van der Waals surface area contributed by atoms with Gasteiger partial charge in [0.25, 0.3) is 0 Å². The first kappa shape index (κ1) is 10.1. The van der Waals surface area contributed by atoms with Gasteiger partial charge in [-0.05, 0) is 18.6 Å². The van der Waals surface area contributed by atoms with Gasteiger partial charge >= 0.3 is 0 Å². The third-order valence-electron chi connectivity index (χ3n) is 1.49. The van der Waals surface area contributed by atoms with Crippen molar-refractivity contribution in [2.24, 2.45) is 0 Å². The fourth-order valence-electron chi connectivity index (χ4n) is 0.826. The van der Waals surface area contributed by atoms with E-state index in [0.29, 0.717) is 6.54 Å². The van der Waals surface area contributed by atoms with Crippen molar-refractivity contribution >= 4 is 10.0 Å². The fourth-order valence-corrected chi connectivity index (χ4v) is 1.92. The molecule has 1 N–H and O–H groups in total. The lowest BCUT2D eigenvalue weighted by Gasteiger charge is -2.03. The average molecular weight is 200 g/mol. The normalized spacial score (nSPS) is 11.5. The lowest BCUT2D eigenvalue weighted by atomic mass is 10.5. The summed E-state index contributed by atoms with van der Waals surface area (Å²) in [6.07, 6.45) is 3.65. The summed E-state index contributed by atoms with van der Waals surface area (Å²) in [5.74, 6) is 0. The van der Waals surface area contributed by atoms with Crippen LogP contribution in [-0.2, 0) is 10.0 Å². The van der Waals surface area contributed by atoms with Crippen molar-refractivity contribution in [1.82, 2.24) is 9.71 Å². The topological polar surface area (TPSA) is 59.1 Å². The maximum atomic E-state index is 11.4. The van der Waals surface area contributed by atoms with Gasteiger partial charge in [-0.2, -0.15) is 0 Å². The van der Waals surface area contributed by atoms with Gasteiger partial charge in [0.2, 0.25) is 10.0 Å². The number of rotatable bonds is 4. The van der Waals surface area contributed by atoms with Crippen molar-refractivity contribution in [2.45, 2.75) is 18.2 Å². The molecule has 5 heteroatoms. The quantitative estimate of drug-likeness (QED) is 0.781. The summed E-state index contributed by atoms with van der Waals surface area (Å²) in [4.78, 5) is 3.95. The Balaban J connectivity index is 2.83. The van der Waals surface area contributed by atoms with Crippen LogP contribution in [-0.4, -0.2) is 19.9 Å². The van der Waals surface area contributed by atoms with Crippen LogP contribution < -0.4 is 4.72 Å². The minimum atomic E-state index is -3.33. The van der Waals surface area contributed by atoms with Crippen LogP contribution in [0.5, 0.6) is 0 Å². The largest absolute Gasteiger partial charge is 0.263 e. The standard InChI is InChI=1S/C8H12N2O2S/c1-2-5-10-13(11,12)8-4-3-6-9-7-8/h3-4,6-7,10H,2,5H2,1H3. The van der Waals surface area contributed by atoms with Crippen molar-refractivity contribution in [1.29, 1.82) is 0 Å². The zero-order valence-electron chi connectivity index (χ0n) is 7.40. The summed E-state index contributed by atoms with van der Waals surface area (Å²) in [6.45, 7) is 2.36. The van der Waals surface area contributed by atoms with Crippen LogP contribution in [0.4, 0.5) is 0 Å². The van der Waals surface area contributed by atoms with Crippen molar-refractivity contribution < 1.29 is 8.42 Å². The highest BCUT2D eigenvalue weighted by Gasteiger charge is 2.11. The predicted octanol–water partition coefficient (Wildman–Crippen LogP) is 0.770. The Morgan fingerprint density at radius 2 is 2.31 bits per heavy atom. The van der Waals surface area contributed by atoms with E-state index in [9.17, 15) is 8.42 Å². The first-order chi connectivity index (χ1) is 6.17. The molecule has 0 amide bonds. The van der Waals surface area contributed by atoms with Crippen LogP contribution in [0, 0.1) is 0 Å². The van der Waals surface area contributed by atoms with Gasteiger partial charge in [0.15, 0.2) is 0 Å². The van der Waals surface area contributed by atoms with E-state index < -0.39 is 10.0 Å². The highest BCUT2D eigenvalue weighted by Crippen LogP contribution is 2.04. The molecular formula is C8H12N2O2S. The minimum Gasteiger partial charge on any atom is -0.263 e. The minimum absolute atomic E-state index is 0.212. The summed E-state index contributed by atoms with van der Waals surface area (Å²) in [6, 6.07) is 3.12. The summed E-state index contributed by atoms with van der Waals surface area (Å²) in [7, 11) is -3.33. The number of nitrogens with zero attached hydrogens (tertiary/aromatic N) is 1. The molecule has 1 heterocycles. The summed E-state index contributed by atoms with van der Waals surface area (Å²) in [5, 5.41) is 0. The molecular weight excluding hydrogens is 188 g/mol. The third kappa shape index (κ3) is 2.78. The number of pyridine rings is 1. The SMILES string of the molecule is CCCNS(=O)(=O)c1cccnc1. The molecule has 13 heavy (non-hydrogen) atoms. The number of hydrogen-bond acceptors (Lipinski definition) is 3. The average Bonchev–Trinajstić information content (AvgIpc) is 2.16. The van der Waals surface area contributed by atoms with E-state index in [0.717, 1.165) is 6.42 Å². The van der Waals surface area contributed by atoms with E-state index in [-0.39, 0.29) is 4.90 Å². The van der Waals surface area contributed by atoms with Crippen molar-refractivity contribution in [3.05, 3.63) is 24.5 Å². The van der Waals surface area contributed by atoms with Gasteiger partial charge in [0.05, 0.1) is 0 Å². The predicted molar refractivity (Wildman–Crippen MR) is 49.7 cm³/mol. The molecule has 1 rings (SSSR count). The van der Waals surface area contributed by atoms with Crippen molar-refractivity contribution in [3.63, 3.8) is 0 Å². The van der Waals surface area contributed by atoms with E-state index in [4.69, 9.17) is 0 Å². The monoisotopic (exact) mass is 200 g/mol. The van der Waals surface area contributed by atoms with Crippen molar-refractivity contribution in [2.75, 3.05) is 6.54 Å². The smallest absolute Gasteiger partial charge is 0.242 e. The van der Waals surface area contributed by atoms with Gasteiger partial charge in [-0.15, -0.1) is 0 Å². The number of hydrogen-bond donors (Lipinski definition) is 1. The lowest BCUT2D eigenvalue weighted by molar-refractivity contribution is 0.580. The summed E-state index contributed by atoms with van der Waals surface area (Å²) >= 11 is 0. The fraction of sp³-hybridized carbons (Fsp3) is 0.375. The molecule has 0 saturated heterocycles. The maximum Gasteiger partial charge on any atom is 0.242 e. The Morgan fingerprint density at radius 3 is 2.85 bits per heavy atom. The molecule has 0 bridgehead atoms. The van der Waals surface area contributed by atoms with E-state index in [1.54, 1.807) is 12.3 Å². The Morgan fingerprint density at radius 1 is 1.54 bits per heavy atom.